The first-order chi connectivity index (χ1) is 11.2. The largest absolute Gasteiger partial charge is 0.467 e. The van der Waals surface area contributed by atoms with E-state index in [1.807, 2.05) is 11.0 Å². The van der Waals surface area contributed by atoms with E-state index in [2.05, 4.69) is 36.2 Å². The number of anilines is 1. The van der Waals surface area contributed by atoms with Crippen LogP contribution in [0.1, 0.15) is 29.0 Å². The van der Waals surface area contributed by atoms with Crippen LogP contribution in [0.15, 0.2) is 47.1 Å². The Bertz CT molecular complexity index is 645. The molecule has 0 saturated carbocycles. The quantitative estimate of drug-likeness (QED) is 0.942. The lowest BCUT2D eigenvalue weighted by Crippen LogP contribution is -2.45. The van der Waals surface area contributed by atoms with Crippen LogP contribution in [0.25, 0.3) is 0 Å². The molecular formula is C18H23N3O2. The summed E-state index contributed by atoms with van der Waals surface area (Å²) >= 11 is 0. The second-order valence-corrected chi connectivity index (χ2v) is 5.98. The molecule has 1 fully saturated rings. The summed E-state index contributed by atoms with van der Waals surface area (Å²) in [6.07, 6.45) is 3.45. The molecule has 1 amide bonds. The zero-order chi connectivity index (χ0) is 16.2. The Kier molecular flexibility index (Phi) is 4.67. The molecule has 0 atom stereocenters. The molecule has 1 aliphatic rings. The van der Waals surface area contributed by atoms with Crippen LogP contribution in [-0.4, -0.2) is 37.0 Å². The van der Waals surface area contributed by atoms with Crippen LogP contribution in [0.4, 0.5) is 5.69 Å². The lowest BCUT2D eigenvalue weighted by Gasteiger charge is -2.37. The van der Waals surface area contributed by atoms with E-state index < -0.39 is 0 Å². The van der Waals surface area contributed by atoms with E-state index >= 15 is 0 Å². The minimum atomic E-state index is 0.0364. The van der Waals surface area contributed by atoms with E-state index in [0.29, 0.717) is 23.9 Å². The number of hydrogen-bond acceptors (Lipinski definition) is 4. The first kappa shape index (κ1) is 15.6. The third kappa shape index (κ3) is 3.40. The molecule has 1 aliphatic heterocycles. The summed E-state index contributed by atoms with van der Waals surface area (Å²) in [6, 6.07) is 12.6. The molecule has 3 rings (SSSR count). The molecule has 5 heteroatoms. The number of hydrogen-bond donors (Lipinski definition) is 1. The summed E-state index contributed by atoms with van der Waals surface area (Å²) in [4.78, 5) is 16.7. The van der Waals surface area contributed by atoms with Gasteiger partial charge in [0.25, 0.3) is 5.91 Å². The zero-order valence-corrected chi connectivity index (χ0v) is 13.4. The van der Waals surface area contributed by atoms with Crippen molar-refractivity contribution in [3.05, 3.63) is 54.0 Å². The molecule has 2 heterocycles. The number of amides is 1. The Morgan fingerprint density at radius 3 is 2.61 bits per heavy atom. The van der Waals surface area contributed by atoms with Crippen LogP contribution in [0.2, 0.25) is 0 Å². The molecule has 1 saturated heterocycles. The minimum Gasteiger partial charge on any atom is -0.467 e. The van der Waals surface area contributed by atoms with Crippen molar-refractivity contribution >= 4 is 11.6 Å². The van der Waals surface area contributed by atoms with E-state index in [1.165, 1.54) is 12.0 Å². The SMILES string of the molecule is CN(c1ccccc1)C1CCN(C(=O)c2coc(CN)c2)CC1. The number of para-hydroxylation sites is 1. The average Bonchev–Trinajstić information content (AvgIpc) is 3.10. The number of piperidine rings is 1. The van der Waals surface area contributed by atoms with E-state index in [-0.39, 0.29) is 5.91 Å². The molecule has 23 heavy (non-hydrogen) atoms. The average molecular weight is 313 g/mol. The molecular weight excluding hydrogens is 290 g/mol. The van der Waals surface area contributed by atoms with Gasteiger partial charge in [-0.25, -0.2) is 0 Å². The molecule has 0 bridgehead atoms. The number of carbonyl (C=O) groups excluding carboxylic acids is 1. The third-order valence-electron chi connectivity index (χ3n) is 4.56. The number of nitrogens with zero attached hydrogens (tertiary/aromatic N) is 2. The van der Waals surface area contributed by atoms with Crippen molar-refractivity contribution in [2.45, 2.75) is 25.4 Å². The fraction of sp³-hybridized carbons (Fsp3) is 0.389. The lowest BCUT2D eigenvalue weighted by atomic mass is 10.0. The smallest absolute Gasteiger partial charge is 0.257 e. The lowest BCUT2D eigenvalue weighted by molar-refractivity contribution is 0.0712. The first-order valence-corrected chi connectivity index (χ1v) is 8.03. The van der Waals surface area contributed by atoms with Crippen molar-refractivity contribution in [2.24, 2.45) is 5.73 Å². The standard InChI is InChI=1S/C18H23N3O2/c1-20(15-5-3-2-4-6-15)16-7-9-21(10-8-16)18(22)14-11-17(12-19)23-13-14/h2-6,11,13,16H,7-10,12,19H2,1H3. The van der Waals surface area contributed by atoms with Gasteiger partial charge in [0.15, 0.2) is 0 Å². The Morgan fingerprint density at radius 1 is 1.30 bits per heavy atom. The Hall–Kier alpha value is -2.27. The summed E-state index contributed by atoms with van der Waals surface area (Å²) < 4.78 is 5.26. The molecule has 122 valence electrons. The predicted molar refractivity (Wildman–Crippen MR) is 90.4 cm³/mol. The van der Waals surface area contributed by atoms with E-state index in [4.69, 9.17) is 10.2 Å². The van der Waals surface area contributed by atoms with Gasteiger partial charge in [-0.3, -0.25) is 4.79 Å². The summed E-state index contributed by atoms with van der Waals surface area (Å²) in [6.45, 7) is 1.85. The first-order valence-electron chi connectivity index (χ1n) is 8.03. The molecule has 0 radical (unpaired) electrons. The second-order valence-electron chi connectivity index (χ2n) is 5.98. The molecule has 0 unspecified atom stereocenters. The highest BCUT2D eigenvalue weighted by Crippen LogP contribution is 2.23. The maximum Gasteiger partial charge on any atom is 0.257 e. The van der Waals surface area contributed by atoms with E-state index in [0.717, 1.165) is 25.9 Å². The number of likely N-dealkylation sites (tertiary alicyclic amines) is 1. The van der Waals surface area contributed by atoms with Gasteiger partial charge in [0, 0.05) is 31.9 Å². The fourth-order valence-electron chi connectivity index (χ4n) is 3.11. The molecule has 2 N–H and O–H groups in total. The number of furan rings is 1. The van der Waals surface area contributed by atoms with Crippen LogP contribution in [0.5, 0.6) is 0 Å². The minimum absolute atomic E-state index is 0.0364. The highest BCUT2D eigenvalue weighted by Gasteiger charge is 2.26. The topological polar surface area (TPSA) is 62.7 Å². The van der Waals surface area contributed by atoms with E-state index in [1.54, 1.807) is 6.07 Å². The van der Waals surface area contributed by atoms with Crippen molar-refractivity contribution in [1.82, 2.24) is 4.90 Å². The molecule has 0 spiro atoms. The van der Waals surface area contributed by atoms with Gasteiger partial charge < -0.3 is 20.0 Å². The van der Waals surface area contributed by atoms with E-state index in [9.17, 15) is 4.79 Å². The van der Waals surface area contributed by atoms with Crippen LogP contribution < -0.4 is 10.6 Å². The van der Waals surface area contributed by atoms with Gasteiger partial charge in [-0.2, -0.15) is 0 Å². The van der Waals surface area contributed by atoms with Crippen molar-refractivity contribution in [1.29, 1.82) is 0 Å². The highest BCUT2D eigenvalue weighted by atomic mass is 16.3. The van der Waals surface area contributed by atoms with Crippen molar-refractivity contribution in [2.75, 3.05) is 25.0 Å². The summed E-state index contributed by atoms with van der Waals surface area (Å²) in [7, 11) is 2.13. The van der Waals surface area contributed by atoms with Gasteiger partial charge >= 0.3 is 0 Å². The van der Waals surface area contributed by atoms with Gasteiger partial charge in [0.1, 0.15) is 12.0 Å². The number of rotatable bonds is 4. The predicted octanol–water partition coefficient (Wildman–Crippen LogP) is 2.48. The van der Waals surface area contributed by atoms with Crippen LogP contribution in [0.3, 0.4) is 0 Å². The van der Waals surface area contributed by atoms with Crippen LogP contribution >= 0.6 is 0 Å². The maximum atomic E-state index is 12.5. The molecule has 0 aliphatic carbocycles. The highest BCUT2D eigenvalue weighted by molar-refractivity contribution is 5.94. The van der Waals surface area contributed by atoms with Gasteiger partial charge in [0.2, 0.25) is 0 Å². The molecule has 1 aromatic carbocycles. The molecule has 5 nitrogen and oxygen atoms in total. The summed E-state index contributed by atoms with van der Waals surface area (Å²) in [5, 5.41) is 0. The van der Waals surface area contributed by atoms with Gasteiger partial charge in [-0.05, 0) is 31.0 Å². The Morgan fingerprint density at radius 2 is 2.00 bits per heavy atom. The van der Waals surface area contributed by atoms with Crippen molar-refractivity contribution in [3.63, 3.8) is 0 Å². The third-order valence-corrected chi connectivity index (χ3v) is 4.56. The van der Waals surface area contributed by atoms with Gasteiger partial charge in [0.05, 0.1) is 12.1 Å². The summed E-state index contributed by atoms with van der Waals surface area (Å²) in [5.41, 5.74) is 7.34. The number of benzene rings is 1. The van der Waals surface area contributed by atoms with Gasteiger partial charge in [-0.15, -0.1) is 0 Å². The fourth-order valence-corrected chi connectivity index (χ4v) is 3.11. The molecule has 2 aromatic rings. The number of nitrogens with two attached hydrogens (primary N) is 1. The number of carbonyl (C=O) groups is 1. The monoisotopic (exact) mass is 313 g/mol. The van der Waals surface area contributed by atoms with Crippen LogP contribution in [0, 0.1) is 0 Å². The van der Waals surface area contributed by atoms with Crippen molar-refractivity contribution < 1.29 is 9.21 Å². The maximum absolute atomic E-state index is 12.5. The molecule has 1 aromatic heterocycles. The van der Waals surface area contributed by atoms with Gasteiger partial charge in [-0.1, -0.05) is 18.2 Å². The van der Waals surface area contributed by atoms with Crippen molar-refractivity contribution in [3.8, 4) is 0 Å². The normalized spacial score (nSPS) is 15.7. The summed E-state index contributed by atoms with van der Waals surface area (Å²) in [5.74, 6) is 0.682. The second kappa shape index (κ2) is 6.87. The Balaban J connectivity index is 1.59. The zero-order valence-electron chi connectivity index (χ0n) is 13.4. The Labute approximate surface area is 136 Å². The van der Waals surface area contributed by atoms with Crippen LogP contribution in [-0.2, 0) is 6.54 Å².